The van der Waals surface area contributed by atoms with E-state index in [1.807, 2.05) is 0 Å². The molecule has 0 unspecified atom stereocenters. The Labute approximate surface area is 108 Å². The highest BCUT2D eigenvalue weighted by atomic mass is 16.5. The lowest BCUT2D eigenvalue weighted by atomic mass is 9.87. The van der Waals surface area contributed by atoms with Crippen LogP contribution in [0.3, 0.4) is 0 Å². The molecule has 0 saturated carbocycles. The van der Waals surface area contributed by atoms with Crippen LogP contribution in [-0.2, 0) is 4.74 Å². The van der Waals surface area contributed by atoms with Gasteiger partial charge in [0, 0.05) is 24.7 Å². The Bertz CT molecular complexity index is 317. The van der Waals surface area contributed by atoms with Gasteiger partial charge in [0.25, 0.3) is 0 Å². The van der Waals surface area contributed by atoms with E-state index in [4.69, 9.17) is 9.84 Å². The zero-order valence-electron chi connectivity index (χ0n) is 11.5. The van der Waals surface area contributed by atoms with Crippen molar-refractivity contribution >= 4 is 6.09 Å². The first kappa shape index (κ1) is 13.6. The van der Waals surface area contributed by atoms with Crippen molar-refractivity contribution in [2.45, 2.75) is 57.2 Å². The van der Waals surface area contributed by atoms with Crippen molar-refractivity contribution < 1.29 is 14.6 Å². The standard InChI is InChI=1S/C13H24N2O3/c1-12(2,3)14-10-8-13(18-9-10)4-6-15(7-5-13)11(16)17/h10,14H,4-9H2,1-3H3,(H,16,17)/t10-/m1/s1. The van der Waals surface area contributed by atoms with E-state index < -0.39 is 6.09 Å². The van der Waals surface area contributed by atoms with Crippen LogP contribution in [0.25, 0.3) is 0 Å². The van der Waals surface area contributed by atoms with Crippen molar-refractivity contribution in [3.8, 4) is 0 Å². The summed E-state index contributed by atoms with van der Waals surface area (Å²) in [6.45, 7) is 8.40. The van der Waals surface area contributed by atoms with Crippen LogP contribution >= 0.6 is 0 Å². The summed E-state index contributed by atoms with van der Waals surface area (Å²) >= 11 is 0. The summed E-state index contributed by atoms with van der Waals surface area (Å²) in [5, 5.41) is 12.5. The average molecular weight is 256 g/mol. The SMILES string of the molecule is CC(C)(C)N[C@H]1COC2(CCN(C(=O)O)CC2)C1. The Morgan fingerprint density at radius 1 is 1.39 bits per heavy atom. The van der Waals surface area contributed by atoms with Gasteiger partial charge in [0.05, 0.1) is 12.2 Å². The summed E-state index contributed by atoms with van der Waals surface area (Å²) in [7, 11) is 0. The first-order valence-electron chi connectivity index (χ1n) is 6.69. The van der Waals surface area contributed by atoms with E-state index in [0.717, 1.165) is 25.9 Å². The maximum absolute atomic E-state index is 10.9. The van der Waals surface area contributed by atoms with Crippen LogP contribution < -0.4 is 5.32 Å². The molecule has 0 aromatic carbocycles. The second-order valence-electron chi connectivity index (χ2n) is 6.56. The largest absolute Gasteiger partial charge is 0.465 e. The topological polar surface area (TPSA) is 61.8 Å². The molecule has 2 aliphatic rings. The van der Waals surface area contributed by atoms with Crippen molar-refractivity contribution in [1.82, 2.24) is 10.2 Å². The van der Waals surface area contributed by atoms with E-state index in [-0.39, 0.29) is 11.1 Å². The van der Waals surface area contributed by atoms with E-state index in [1.165, 1.54) is 4.90 Å². The lowest BCUT2D eigenvalue weighted by Crippen LogP contribution is -2.48. The summed E-state index contributed by atoms with van der Waals surface area (Å²) in [5.41, 5.74) is 0.0101. The number of nitrogens with one attached hydrogen (secondary N) is 1. The molecule has 0 bridgehead atoms. The first-order chi connectivity index (χ1) is 8.30. The zero-order chi connectivity index (χ0) is 13.4. The van der Waals surface area contributed by atoms with E-state index in [1.54, 1.807) is 0 Å². The van der Waals surface area contributed by atoms with Crippen molar-refractivity contribution in [2.75, 3.05) is 19.7 Å². The fraction of sp³-hybridized carbons (Fsp3) is 0.923. The number of carboxylic acid groups (broad SMARTS) is 1. The summed E-state index contributed by atoms with van der Waals surface area (Å²) in [5.74, 6) is 0. The maximum atomic E-state index is 10.9. The van der Waals surface area contributed by atoms with Crippen molar-refractivity contribution in [3.05, 3.63) is 0 Å². The quantitative estimate of drug-likeness (QED) is 0.749. The molecule has 2 aliphatic heterocycles. The van der Waals surface area contributed by atoms with E-state index in [0.29, 0.717) is 19.1 Å². The predicted molar refractivity (Wildman–Crippen MR) is 68.8 cm³/mol. The average Bonchev–Trinajstić information content (AvgIpc) is 2.59. The van der Waals surface area contributed by atoms with Gasteiger partial charge in [0.15, 0.2) is 0 Å². The molecule has 0 aromatic rings. The highest BCUT2D eigenvalue weighted by Gasteiger charge is 2.43. The van der Waals surface area contributed by atoms with Gasteiger partial charge in [-0.05, 0) is 40.0 Å². The van der Waals surface area contributed by atoms with Crippen LogP contribution in [0.2, 0.25) is 0 Å². The molecule has 2 heterocycles. The predicted octanol–water partition coefficient (Wildman–Crippen LogP) is 1.68. The molecule has 5 nitrogen and oxygen atoms in total. The molecule has 2 fully saturated rings. The molecule has 104 valence electrons. The number of rotatable bonds is 1. The van der Waals surface area contributed by atoms with Gasteiger partial charge >= 0.3 is 6.09 Å². The summed E-state index contributed by atoms with van der Waals surface area (Å²) in [6.07, 6.45) is 1.83. The van der Waals surface area contributed by atoms with Crippen LogP contribution in [0.1, 0.15) is 40.0 Å². The van der Waals surface area contributed by atoms with E-state index >= 15 is 0 Å². The summed E-state index contributed by atoms with van der Waals surface area (Å²) < 4.78 is 5.99. The molecule has 0 aromatic heterocycles. The normalized spacial score (nSPS) is 27.7. The van der Waals surface area contributed by atoms with Crippen LogP contribution in [-0.4, -0.2) is 53.0 Å². The molecular weight excluding hydrogens is 232 g/mol. The van der Waals surface area contributed by atoms with Crippen LogP contribution in [0.15, 0.2) is 0 Å². The Kier molecular flexibility index (Phi) is 3.56. The zero-order valence-corrected chi connectivity index (χ0v) is 11.5. The smallest absolute Gasteiger partial charge is 0.407 e. The number of piperidine rings is 1. The summed E-state index contributed by atoms with van der Waals surface area (Å²) in [6, 6.07) is 0.390. The number of hydrogen-bond acceptors (Lipinski definition) is 3. The minimum Gasteiger partial charge on any atom is -0.465 e. The third-order valence-electron chi connectivity index (χ3n) is 3.79. The third-order valence-corrected chi connectivity index (χ3v) is 3.79. The van der Waals surface area contributed by atoms with Gasteiger partial charge in [0.2, 0.25) is 0 Å². The number of nitrogens with zero attached hydrogens (tertiary/aromatic N) is 1. The van der Waals surface area contributed by atoms with Crippen molar-refractivity contribution in [2.24, 2.45) is 0 Å². The molecule has 1 amide bonds. The monoisotopic (exact) mass is 256 g/mol. The van der Waals surface area contributed by atoms with Gasteiger partial charge in [-0.2, -0.15) is 0 Å². The second-order valence-corrected chi connectivity index (χ2v) is 6.56. The van der Waals surface area contributed by atoms with Gasteiger partial charge in [-0.25, -0.2) is 4.79 Å². The third kappa shape index (κ3) is 3.14. The molecule has 5 heteroatoms. The molecule has 1 spiro atoms. The highest BCUT2D eigenvalue weighted by molar-refractivity contribution is 5.65. The van der Waals surface area contributed by atoms with Crippen LogP contribution in [0.4, 0.5) is 4.79 Å². The lowest BCUT2D eigenvalue weighted by molar-refractivity contribution is -0.0395. The maximum Gasteiger partial charge on any atom is 0.407 e. The molecule has 2 N–H and O–H groups in total. The molecule has 0 radical (unpaired) electrons. The van der Waals surface area contributed by atoms with Gasteiger partial charge < -0.3 is 20.1 Å². The Balaban J connectivity index is 1.87. The van der Waals surface area contributed by atoms with Gasteiger partial charge in [-0.1, -0.05) is 0 Å². The molecule has 0 aliphatic carbocycles. The number of carbonyl (C=O) groups is 1. The number of hydrogen-bond donors (Lipinski definition) is 2. The molecule has 2 saturated heterocycles. The number of ether oxygens (including phenoxy) is 1. The lowest BCUT2D eigenvalue weighted by Gasteiger charge is -2.37. The first-order valence-corrected chi connectivity index (χ1v) is 6.69. The fourth-order valence-corrected chi connectivity index (χ4v) is 3.00. The van der Waals surface area contributed by atoms with Gasteiger partial charge in [-0.3, -0.25) is 0 Å². The van der Waals surface area contributed by atoms with Crippen LogP contribution in [0.5, 0.6) is 0 Å². The Morgan fingerprint density at radius 3 is 2.50 bits per heavy atom. The Morgan fingerprint density at radius 2 is 2.00 bits per heavy atom. The summed E-state index contributed by atoms with van der Waals surface area (Å²) in [4.78, 5) is 12.4. The number of likely N-dealkylation sites (tertiary alicyclic amines) is 1. The molecule has 1 atom stereocenters. The minimum atomic E-state index is -0.813. The van der Waals surface area contributed by atoms with Crippen molar-refractivity contribution in [1.29, 1.82) is 0 Å². The highest BCUT2D eigenvalue weighted by Crippen LogP contribution is 2.36. The van der Waals surface area contributed by atoms with Crippen LogP contribution in [0, 0.1) is 0 Å². The van der Waals surface area contributed by atoms with E-state index in [2.05, 4.69) is 26.1 Å². The van der Waals surface area contributed by atoms with Gasteiger partial charge in [0.1, 0.15) is 0 Å². The molecular formula is C13H24N2O3. The van der Waals surface area contributed by atoms with E-state index in [9.17, 15) is 4.79 Å². The molecule has 18 heavy (non-hydrogen) atoms. The second kappa shape index (κ2) is 4.70. The fourth-order valence-electron chi connectivity index (χ4n) is 3.00. The minimum absolute atomic E-state index is 0.0884. The molecule has 2 rings (SSSR count). The number of amides is 1. The van der Waals surface area contributed by atoms with Gasteiger partial charge in [-0.15, -0.1) is 0 Å². The van der Waals surface area contributed by atoms with Crippen molar-refractivity contribution in [3.63, 3.8) is 0 Å². The Hall–Kier alpha value is -0.810.